The van der Waals surface area contributed by atoms with Crippen molar-refractivity contribution in [3.8, 4) is 17.1 Å². The first-order valence-corrected chi connectivity index (χ1v) is 8.30. The minimum absolute atomic E-state index is 0.116. The molecule has 0 aliphatic rings. The molecule has 0 saturated heterocycles. The minimum atomic E-state index is -0.321. The van der Waals surface area contributed by atoms with Crippen LogP contribution >= 0.6 is 11.6 Å². The zero-order valence-corrected chi connectivity index (χ0v) is 14.1. The van der Waals surface area contributed by atoms with Crippen LogP contribution < -0.4 is 5.56 Å². The molecule has 0 spiro atoms. The smallest absolute Gasteiger partial charge is 0.328 e. The van der Waals surface area contributed by atoms with E-state index in [-0.39, 0.29) is 17.3 Å². The average molecular weight is 363 g/mol. The van der Waals surface area contributed by atoms with E-state index in [9.17, 15) is 4.79 Å². The highest BCUT2D eigenvalue weighted by Crippen LogP contribution is 2.26. The monoisotopic (exact) mass is 362 g/mol. The molecule has 26 heavy (non-hydrogen) atoms. The molecule has 5 rings (SSSR count). The molecule has 0 amide bonds. The van der Waals surface area contributed by atoms with Gasteiger partial charge in [0.25, 0.3) is 0 Å². The summed E-state index contributed by atoms with van der Waals surface area (Å²) in [5, 5.41) is 5.80. The standard InChI is InChI=1S/C19H11ClN4O2/c20-14-7-3-2-6-13(14)17-22-24-18(25)16(11-21-19(24)26-17)23-10-9-12-5-1-4-8-15(12)23/h1-11H. The van der Waals surface area contributed by atoms with Crippen molar-refractivity contribution in [3.05, 3.63) is 82.4 Å². The summed E-state index contributed by atoms with van der Waals surface area (Å²) in [6, 6.07) is 16.9. The maximum atomic E-state index is 12.9. The Morgan fingerprint density at radius 3 is 2.69 bits per heavy atom. The van der Waals surface area contributed by atoms with E-state index in [0.29, 0.717) is 16.3 Å². The van der Waals surface area contributed by atoms with Crippen molar-refractivity contribution in [2.45, 2.75) is 0 Å². The van der Waals surface area contributed by atoms with Gasteiger partial charge in [0.05, 0.1) is 22.3 Å². The van der Waals surface area contributed by atoms with Crippen molar-refractivity contribution in [1.82, 2.24) is 19.2 Å². The topological polar surface area (TPSA) is 65.3 Å². The average Bonchev–Trinajstić information content (AvgIpc) is 3.27. The highest BCUT2D eigenvalue weighted by molar-refractivity contribution is 6.33. The summed E-state index contributed by atoms with van der Waals surface area (Å²) >= 11 is 6.19. The predicted molar refractivity (Wildman–Crippen MR) is 98.8 cm³/mol. The lowest BCUT2D eigenvalue weighted by molar-refractivity contribution is 0.601. The molecule has 0 radical (unpaired) electrons. The summed E-state index contributed by atoms with van der Waals surface area (Å²) < 4.78 is 8.57. The van der Waals surface area contributed by atoms with Gasteiger partial charge in [-0.1, -0.05) is 41.9 Å². The van der Waals surface area contributed by atoms with Crippen LogP contribution in [0.15, 0.2) is 76.2 Å². The third-order valence-corrected chi connectivity index (χ3v) is 4.56. The SMILES string of the molecule is O=c1c(-n2ccc3ccccc32)cnc2oc(-c3ccccc3Cl)nn12. The van der Waals surface area contributed by atoms with Crippen LogP contribution in [0.5, 0.6) is 0 Å². The van der Waals surface area contributed by atoms with Gasteiger partial charge in [0.1, 0.15) is 5.69 Å². The van der Waals surface area contributed by atoms with E-state index in [1.54, 1.807) is 16.7 Å². The van der Waals surface area contributed by atoms with Gasteiger partial charge in [-0.3, -0.25) is 4.79 Å². The number of hydrogen-bond acceptors (Lipinski definition) is 4. The molecule has 0 atom stereocenters. The van der Waals surface area contributed by atoms with Crippen LogP contribution in [0.4, 0.5) is 0 Å². The van der Waals surface area contributed by atoms with Crippen molar-refractivity contribution in [2.24, 2.45) is 0 Å². The summed E-state index contributed by atoms with van der Waals surface area (Å²) in [6.07, 6.45) is 3.33. The van der Waals surface area contributed by atoms with Crippen LogP contribution in [0, 0.1) is 0 Å². The van der Waals surface area contributed by atoms with E-state index in [0.717, 1.165) is 15.4 Å². The highest BCUT2D eigenvalue weighted by Gasteiger charge is 2.16. The van der Waals surface area contributed by atoms with Crippen LogP contribution in [0.2, 0.25) is 5.02 Å². The first-order chi connectivity index (χ1) is 12.7. The fourth-order valence-electron chi connectivity index (χ4n) is 2.98. The first kappa shape index (κ1) is 14.9. The maximum Gasteiger partial charge on any atom is 0.328 e. The molecule has 126 valence electrons. The third-order valence-electron chi connectivity index (χ3n) is 4.23. The molecule has 0 N–H and O–H groups in total. The lowest BCUT2D eigenvalue weighted by Crippen LogP contribution is -2.20. The van der Waals surface area contributed by atoms with Crippen molar-refractivity contribution in [1.29, 1.82) is 0 Å². The zero-order valence-electron chi connectivity index (χ0n) is 13.3. The van der Waals surface area contributed by atoms with E-state index in [4.69, 9.17) is 16.0 Å². The van der Waals surface area contributed by atoms with Gasteiger partial charge < -0.3 is 8.98 Å². The van der Waals surface area contributed by atoms with E-state index in [1.807, 2.05) is 48.7 Å². The Morgan fingerprint density at radius 2 is 1.81 bits per heavy atom. The predicted octanol–water partition coefficient (Wildman–Crippen LogP) is 3.95. The molecule has 0 bridgehead atoms. The fourth-order valence-corrected chi connectivity index (χ4v) is 3.20. The molecule has 0 aliphatic carbocycles. The fraction of sp³-hybridized carbons (Fsp3) is 0. The Labute approximate surface area is 151 Å². The summed E-state index contributed by atoms with van der Waals surface area (Å²) in [5.41, 5.74) is 1.59. The summed E-state index contributed by atoms with van der Waals surface area (Å²) in [6.45, 7) is 0. The van der Waals surface area contributed by atoms with Gasteiger partial charge in [-0.15, -0.1) is 9.61 Å². The third kappa shape index (κ3) is 2.16. The summed E-state index contributed by atoms with van der Waals surface area (Å²) in [5.74, 6) is 0.361. The van der Waals surface area contributed by atoms with Crippen LogP contribution in [0.1, 0.15) is 0 Å². The molecule has 0 unspecified atom stereocenters. The molecular formula is C19H11ClN4O2. The van der Waals surface area contributed by atoms with E-state index in [1.165, 1.54) is 6.20 Å². The number of para-hydroxylation sites is 1. The lowest BCUT2D eigenvalue weighted by Gasteiger charge is -2.03. The molecule has 7 heteroatoms. The molecule has 6 nitrogen and oxygen atoms in total. The van der Waals surface area contributed by atoms with Crippen LogP contribution in [0.3, 0.4) is 0 Å². The highest BCUT2D eigenvalue weighted by atomic mass is 35.5. The van der Waals surface area contributed by atoms with E-state index in [2.05, 4.69) is 10.1 Å². The number of halogens is 1. The second-order valence-corrected chi connectivity index (χ2v) is 6.18. The Bertz CT molecular complexity index is 1330. The molecule has 0 aliphatic heterocycles. The maximum absolute atomic E-state index is 12.9. The van der Waals surface area contributed by atoms with Crippen LogP contribution in [-0.2, 0) is 0 Å². The van der Waals surface area contributed by atoms with Gasteiger partial charge in [-0.05, 0) is 29.7 Å². The minimum Gasteiger partial charge on any atom is -0.403 e. The second-order valence-electron chi connectivity index (χ2n) is 5.77. The molecule has 5 aromatic rings. The molecule has 3 heterocycles. The largest absolute Gasteiger partial charge is 0.403 e. The molecule has 2 aromatic carbocycles. The number of aromatic nitrogens is 4. The van der Waals surface area contributed by atoms with Crippen molar-refractivity contribution < 1.29 is 4.42 Å². The van der Waals surface area contributed by atoms with Gasteiger partial charge in [-0.25, -0.2) is 4.98 Å². The van der Waals surface area contributed by atoms with E-state index < -0.39 is 0 Å². The van der Waals surface area contributed by atoms with Crippen LogP contribution in [0.25, 0.3) is 33.9 Å². The molecule has 3 aromatic heterocycles. The number of fused-ring (bicyclic) bond motifs is 2. The van der Waals surface area contributed by atoms with Gasteiger partial charge in [0, 0.05) is 6.20 Å². The van der Waals surface area contributed by atoms with Gasteiger partial charge >= 0.3 is 11.4 Å². The quantitative estimate of drug-likeness (QED) is 0.477. The van der Waals surface area contributed by atoms with Gasteiger partial charge in [0.15, 0.2) is 0 Å². The number of hydrogen-bond donors (Lipinski definition) is 0. The normalized spacial score (nSPS) is 11.4. The Hall–Kier alpha value is -3.38. The summed E-state index contributed by atoms with van der Waals surface area (Å²) in [4.78, 5) is 17.2. The Morgan fingerprint density at radius 1 is 1.00 bits per heavy atom. The van der Waals surface area contributed by atoms with Gasteiger partial charge in [-0.2, -0.15) is 0 Å². The number of rotatable bonds is 2. The molecule has 0 saturated carbocycles. The number of benzene rings is 2. The van der Waals surface area contributed by atoms with Crippen molar-refractivity contribution in [3.63, 3.8) is 0 Å². The Kier molecular flexibility index (Phi) is 3.20. The molecular weight excluding hydrogens is 352 g/mol. The first-order valence-electron chi connectivity index (χ1n) is 7.92. The Balaban J connectivity index is 1.73. The van der Waals surface area contributed by atoms with Crippen LogP contribution in [-0.4, -0.2) is 19.2 Å². The van der Waals surface area contributed by atoms with Crippen molar-refractivity contribution >= 4 is 28.3 Å². The van der Waals surface area contributed by atoms with Gasteiger partial charge in [0.2, 0.25) is 5.89 Å². The van der Waals surface area contributed by atoms with Crippen molar-refractivity contribution in [2.75, 3.05) is 0 Å². The molecule has 0 fully saturated rings. The zero-order chi connectivity index (χ0) is 17.7. The number of nitrogens with zero attached hydrogens (tertiary/aromatic N) is 4. The second kappa shape index (κ2) is 5.57. The summed E-state index contributed by atoms with van der Waals surface area (Å²) in [7, 11) is 0. The van der Waals surface area contributed by atoms with E-state index >= 15 is 0 Å². The lowest BCUT2D eigenvalue weighted by atomic mass is 10.2.